The summed E-state index contributed by atoms with van der Waals surface area (Å²) in [5.41, 5.74) is 6.26. The third-order valence-electron chi connectivity index (χ3n) is 3.38. The first-order valence-corrected chi connectivity index (χ1v) is 6.15. The molecule has 2 heterocycles. The number of nitrogen functional groups attached to an aromatic ring is 1. The molecule has 7 heteroatoms. The average Bonchev–Trinajstić information content (AvgIpc) is 2.80. The standard InChI is InChI=1S/C11H16N6O/c12-11-15-9(6-5-13-17-10(6)16-11)14-7-3-1-2-4-8(7)18/h5,7-8,18H,1-4H2,(H4,12,13,14,15,16,17). The van der Waals surface area contributed by atoms with Gasteiger partial charge in [0.25, 0.3) is 0 Å². The van der Waals surface area contributed by atoms with Gasteiger partial charge in [0.1, 0.15) is 5.82 Å². The van der Waals surface area contributed by atoms with Gasteiger partial charge in [0, 0.05) is 0 Å². The number of aromatic nitrogens is 4. The van der Waals surface area contributed by atoms with Crippen LogP contribution in [-0.2, 0) is 0 Å². The van der Waals surface area contributed by atoms with E-state index in [9.17, 15) is 5.11 Å². The molecule has 2 unspecified atom stereocenters. The molecular formula is C11H16N6O. The molecule has 1 aliphatic carbocycles. The van der Waals surface area contributed by atoms with Gasteiger partial charge in [0.15, 0.2) is 5.65 Å². The summed E-state index contributed by atoms with van der Waals surface area (Å²) in [6.07, 6.45) is 5.27. The minimum Gasteiger partial charge on any atom is -0.391 e. The molecule has 1 fully saturated rings. The van der Waals surface area contributed by atoms with Crippen LogP contribution in [0.4, 0.5) is 11.8 Å². The molecule has 2 aromatic rings. The highest BCUT2D eigenvalue weighted by molar-refractivity contribution is 5.86. The second kappa shape index (κ2) is 4.41. The Morgan fingerprint density at radius 3 is 3.00 bits per heavy atom. The van der Waals surface area contributed by atoms with Crippen LogP contribution in [0.15, 0.2) is 6.20 Å². The SMILES string of the molecule is Nc1nc(NC2CCCCC2O)c2cn[nH]c2n1. The van der Waals surface area contributed by atoms with E-state index in [-0.39, 0.29) is 18.1 Å². The summed E-state index contributed by atoms with van der Waals surface area (Å²) in [6.45, 7) is 0. The zero-order valence-corrected chi connectivity index (χ0v) is 9.93. The normalized spacial score (nSPS) is 24.3. The number of aliphatic hydroxyl groups is 1. The van der Waals surface area contributed by atoms with Crippen molar-refractivity contribution in [2.24, 2.45) is 0 Å². The Morgan fingerprint density at radius 1 is 1.33 bits per heavy atom. The molecule has 1 saturated carbocycles. The Bertz CT molecular complexity index is 553. The first kappa shape index (κ1) is 11.2. The molecule has 5 N–H and O–H groups in total. The van der Waals surface area contributed by atoms with E-state index in [4.69, 9.17) is 5.73 Å². The maximum atomic E-state index is 9.96. The predicted molar refractivity (Wildman–Crippen MR) is 68.0 cm³/mol. The van der Waals surface area contributed by atoms with E-state index in [0.717, 1.165) is 31.1 Å². The number of nitrogens with two attached hydrogens (primary N) is 1. The van der Waals surface area contributed by atoms with Crippen molar-refractivity contribution in [3.63, 3.8) is 0 Å². The van der Waals surface area contributed by atoms with Crippen LogP contribution in [0.2, 0.25) is 0 Å². The van der Waals surface area contributed by atoms with E-state index in [1.165, 1.54) is 0 Å². The Labute approximate surface area is 104 Å². The van der Waals surface area contributed by atoms with Crippen molar-refractivity contribution in [3.8, 4) is 0 Å². The second-order valence-corrected chi connectivity index (χ2v) is 4.67. The third-order valence-corrected chi connectivity index (χ3v) is 3.38. The van der Waals surface area contributed by atoms with Crippen molar-refractivity contribution in [1.82, 2.24) is 20.2 Å². The minimum absolute atomic E-state index is 0.0196. The molecule has 3 rings (SSSR count). The van der Waals surface area contributed by atoms with E-state index >= 15 is 0 Å². The van der Waals surface area contributed by atoms with Crippen LogP contribution in [0, 0.1) is 0 Å². The summed E-state index contributed by atoms with van der Waals surface area (Å²) >= 11 is 0. The third kappa shape index (κ3) is 1.97. The van der Waals surface area contributed by atoms with Crippen molar-refractivity contribution in [1.29, 1.82) is 0 Å². The fraction of sp³-hybridized carbons (Fsp3) is 0.545. The van der Waals surface area contributed by atoms with Gasteiger partial charge in [-0.2, -0.15) is 15.1 Å². The Balaban J connectivity index is 1.91. The zero-order chi connectivity index (χ0) is 12.5. The summed E-state index contributed by atoms with van der Waals surface area (Å²) in [4.78, 5) is 8.24. The molecule has 0 bridgehead atoms. The maximum Gasteiger partial charge on any atom is 0.224 e. The largest absolute Gasteiger partial charge is 0.391 e. The quantitative estimate of drug-likeness (QED) is 0.620. The molecule has 7 nitrogen and oxygen atoms in total. The molecule has 0 radical (unpaired) electrons. The summed E-state index contributed by atoms with van der Waals surface area (Å²) in [6, 6.07) is 0.0196. The molecule has 96 valence electrons. The summed E-state index contributed by atoms with van der Waals surface area (Å²) in [5.74, 6) is 0.830. The first-order chi connectivity index (χ1) is 8.74. The van der Waals surface area contributed by atoms with Gasteiger partial charge in [0.05, 0.1) is 23.7 Å². The number of fused-ring (bicyclic) bond motifs is 1. The van der Waals surface area contributed by atoms with Crippen molar-refractivity contribution in [2.75, 3.05) is 11.1 Å². The molecule has 1 aliphatic rings. The van der Waals surface area contributed by atoms with Crippen LogP contribution in [0.5, 0.6) is 0 Å². The van der Waals surface area contributed by atoms with Gasteiger partial charge in [0.2, 0.25) is 5.95 Å². The number of rotatable bonds is 2. The number of anilines is 2. The highest BCUT2D eigenvalue weighted by Gasteiger charge is 2.24. The van der Waals surface area contributed by atoms with Crippen LogP contribution in [-0.4, -0.2) is 37.4 Å². The van der Waals surface area contributed by atoms with Crippen LogP contribution >= 0.6 is 0 Å². The van der Waals surface area contributed by atoms with Crippen molar-refractivity contribution in [3.05, 3.63) is 6.20 Å². The Hall–Kier alpha value is -1.89. The van der Waals surface area contributed by atoms with Crippen molar-refractivity contribution < 1.29 is 5.11 Å². The van der Waals surface area contributed by atoms with Crippen molar-refractivity contribution >= 4 is 22.8 Å². The topological polar surface area (TPSA) is 113 Å². The lowest BCUT2D eigenvalue weighted by Crippen LogP contribution is -2.36. The van der Waals surface area contributed by atoms with Crippen LogP contribution < -0.4 is 11.1 Å². The molecule has 0 aliphatic heterocycles. The summed E-state index contributed by atoms with van der Waals surface area (Å²) in [5, 5.41) is 20.7. The second-order valence-electron chi connectivity index (χ2n) is 4.67. The molecule has 0 amide bonds. The molecule has 2 aromatic heterocycles. The van der Waals surface area contributed by atoms with Gasteiger partial charge in [-0.05, 0) is 12.8 Å². The number of nitrogens with one attached hydrogen (secondary N) is 2. The molecular weight excluding hydrogens is 232 g/mol. The average molecular weight is 248 g/mol. The van der Waals surface area contributed by atoms with Crippen LogP contribution in [0.3, 0.4) is 0 Å². The fourth-order valence-corrected chi connectivity index (χ4v) is 2.42. The van der Waals surface area contributed by atoms with Crippen LogP contribution in [0.1, 0.15) is 25.7 Å². The Kier molecular flexibility index (Phi) is 2.75. The molecule has 2 atom stereocenters. The highest BCUT2D eigenvalue weighted by Crippen LogP contribution is 2.25. The van der Waals surface area contributed by atoms with Gasteiger partial charge in [-0.15, -0.1) is 0 Å². The molecule has 18 heavy (non-hydrogen) atoms. The maximum absolute atomic E-state index is 9.96. The number of aromatic amines is 1. The number of H-pyrrole nitrogens is 1. The van der Waals surface area contributed by atoms with Crippen molar-refractivity contribution in [2.45, 2.75) is 37.8 Å². The smallest absolute Gasteiger partial charge is 0.224 e. The van der Waals surface area contributed by atoms with E-state index < -0.39 is 0 Å². The number of hydrogen-bond acceptors (Lipinski definition) is 6. The zero-order valence-electron chi connectivity index (χ0n) is 9.93. The van der Waals surface area contributed by atoms with Gasteiger partial charge < -0.3 is 16.2 Å². The molecule has 0 saturated heterocycles. The van der Waals surface area contributed by atoms with Gasteiger partial charge in [-0.25, -0.2) is 0 Å². The lowest BCUT2D eigenvalue weighted by molar-refractivity contribution is 0.116. The minimum atomic E-state index is -0.336. The number of nitrogens with zero attached hydrogens (tertiary/aromatic N) is 3. The van der Waals surface area contributed by atoms with Crippen LogP contribution in [0.25, 0.3) is 11.0 Å². The number of aliphatic hydroxyl groups excluding tert-OH is 1. The Morgan fingerprint density at radius 2 is 2.17 bits per heavy atom. The lowest BCUT2D eigenvalue weighted by Gasteiger charge is -2.28. The fourth-order valence-electron chi connectivity index (χ4n) is 2.42. The lowest BCUT2D eigenvalue weighted by atomic mass is 9.92. The molecule has 0 aromatic carbocycles. The van der Waals surface area contributed by atoms with E-state index in [0.29, 0.717) is 11.5 Å². The van der Waals surface area contributed by atoms with E-state index in [1.54, 1.807) is 6.20 Å². The molecule has 0 spiro atoms. The first-order valence-electron chi connectivity index (χ1n) is 6.15. The summed E-state index contributed by atoms with van der Waals surface area (Å²) in [7, 11) is 0. The van der Waals surface area contributed by atoms with Gasteiger partial charge >= 0.3 is 0 Å². The van der Waals surface area contributed by atoms with E-state index in [2.05, 4.69) is 25.5 Å². The predicted octanol–water partition coefficient (Wildman–Crippen LogP) is 0.650. The van der Waals surface area contributed by atoms with Gasteiger partial charge in [-0.3, -0.25) is 5.10 Å². The highest BCUT2D eigenvalue weighted by atomic mass is 16.3. The van der Waals surface area contributed by atoms with Gasteiger partial charge in [-0.1, -0.05) is 12.8 Å². The number of hydrogen-bond donors (Lipinski definition) is 4. The monoisotopic (exact) mass is 248 g/mol. The summed E-state index contributed by atoms with van der Waals surface area (Å²) < 4.78 is 0. The van der Waals surface area contributed by atoms with E-state index in [1.807, 2.05) is 0 Å².